The van der Waals surface area contributed by atoms with E-state index in [1.165, 1.54) is 0 Å². The minimum atomic E-state index is -3.19. The van der Waals surface area contributed by atoms with E-state index in [2.05, 4.69) is 19.2 Å². The molecule has 0 saturated heterocycles. The van der Waals surface area contributed by atoms with Crippen LogP contribution in [0.2, 0.25) is 0 Å². The van der Waals surface area contributed by atoms with Gasteiger partial charge in [0.25, 0.3) is 0 Å². The number of rotatable bonds is 3. The van der Waals surface area contributed by atoms with Crippen molar-refractivity contribution in [3.63, 3.8) is 0 Å². The van der Waals surface area contributed by atoms with Crippen molar-refractivity contribution in [2.75, 3.05) is 17.6 Å². The summed E-state index contributed by atoms with van der Waals surface area (Å²) < 4.78 is 24.5. The van der Waals surface area contributed by atoms with Gasteiger partial charge < -0.3 is 11.1 Å². The van der Waals surface area contributed by atoms with Crippen LogP contribution in [-0.2, 0) is 9.84 Å². The first-order chi connectivity index (χ1) is 8.45. The lowest BCUT2D eigenvalue weighted by atomic mass is 10.0. The molecule has 100 valence electrons. The maximum absolute atomic E-state index is 12.3. The van der Waals surface area contributed by atoms with E-state index >= 15 is 0 Å². The van der Waals surface area contributed by atoms with E-state index < -0.39 is 9.84 Å². The number of nitrogens with one attached hydrogen (secondary N) is 1. The van der Waals surface area contributed by atoms with E-state index in [-0.39, 0.29) is 11.8 Å². The molecule has 1 heterocycles. The molecule has 1 atom stereocenters. The monoisotopic (exact) mass is 268 g/mol. The van der Waals surface area contributed by atoms with Gasteiger partial charge in [0.2, 0.25) is 0 Å². The fraction of sp³-hybridized carbons (Fsp3) is 0.538. The number of sulfone groups is 1. The van der Waals surface area contributed by atoms with Gasteiger partial charge in [0, 0.05) is 6.04 Å². The van der Waals surface area contributed by atoms with Crippen molar-refractivity contribution in [1.82, 2.24) is 0 Å². The highest BCUT2D eigenvalue weighted by molar-refractivity contribution is 7.91. The van der Waals surface area contributed by atoms with Crippen LogP contribution in [0.15, 0.2) is 23.1 Å². The van der Waals surface area contributed by atoms with Crippen LogP contribution in [0.3, 0.4) is 0 Å². The van der Waals surface area contributed by atoms with Gasteiger partial charge >= 0.3 is 0 Å². The van der Waals surface area contributed by atoms with Gasteiger partial charge in [0.15, 0.2) is 9.84 Å². The SMILES string of the molecule is CC(C)c1cccc2c1NC(CCN)CS2(=O)=O. The standard InChI is InChI=1S/C13H20N2O2S/c1-9(2)11-4-3-5-12-13(11)15-10(6-7-14)8-18(12,16)17/h3-5,9-10,15H,6-8,14H2,1-2H3. The van der Waals surface area contributed by atoms with Crippen molar-refractivity contribution in [3.05, 3.63) is 23.8 Å². The summed E-state index contributed by atoms with van der Waals surface area (Å²) in [5.74, 6) is 0.429. The van der Waals surface area contributed by atoms with Crippen LogP contribution in [0.4, 0.5) is 5.69 Å². The topological polar surface area (TPSA) is 72.2 Å². The molecule has 2 rings (SSSR count). The second kappa shape index (κ2) is 4.90. The second-order valence-corrected chi connectivity index (χ2v) is 7.08. The molecule has 1 aromatic rings. The zero-order valence-corrected chi connectivity index (χ0v) is 11.6. The minimum Gasteiger partial charge on any atom is -0.380 e. The Kier molecular flexibility index (Phi) is 3.64. The average molecular weight is 268 g/mol. The van der Waals surface area contributed by atoms with Crippen molar-refractivity contribution < 1.29 is 8.42 Å². The molecule has 0 radical (unpaired) electrons. The molecule has 1 aliphatic heterocycles. The molecule has 0 spiro atoms. The lowest BCUT2D eigenvalue weighted by Gasteiger charge is -2.29. The van der Waals surface area contributed by atoms with E-state index in [1.54, 1.807) is 6.07 Å². The number of hydrogen-bond donors (Lipinski definition) is 2. The molecule has 0 aromatic heterocycles. The Bertz CT molecular complexity index is 538. The third-order valence-corrected chi connectivity index (χ3v) is 5.15. The van der Waals surface area contributed by atoms with Gasteiger partial charge in [0.1, 0.15) is 0 Å². The largest absolute Gasteiger partial charge is 0.380 e. The Morgan fingerprint density at radius 3 is 2.78 bits per heavy atom. The summed E-state index contributed by atoms with van der Waals surface area (Å²) in [6.45, 7) is 4.62. The average Bonchev–Trinajstić information content (AvgIpc) is 2.27. The van der Waals surface area contributed by atoms with Gasteiger partial charge in [-0.05, 0) is 30.5 Å². The predicted molar refractivity (Wildman–Crippen MR) is 73.7 cm³/mol. The quantitative estimate of drug-likeness (QED) is 0.875. The fourth-order valence-corrected chi connectivity index (χ4v) is 4.13. The van der Waals surface area contributed by atoms with Crippen LogP contribution in [0.5, 0.6) is 0 Å². The van der Waals surface area contributed by atoms with Crippen LogP contribution >= 0.6 is 0 Å². The third-order valence-electron chi connectivity index (χ3n) is 3.30. The Labute approximate surface area is 108 Å². The van der Waals surface area contributed by atoms with Gasteiger partial charge in [0.05, 0.1) is 16.3 Å². The Morgan fingerprint density at radius 1 is 1.44 bits per heavy atom. The number of para-hydroxylation sites is 1. The molecule has 4 nitrogen and oxygen atoms in total. The molecular formula is C13H20N2O2S. The van der Waals surface area contributed by atoms with E-state index in [0.29, 0.717) is 23.8 Å². The summed E-state index contributed by atoms with van der Waals surface area (Å²) in [6, 6.07) is 5.41. The Morgan fingerprint density at radius 2 is 2.17 bits per heavy atom. The molecule has 0 amide bonds. The van der Waals surface area contributed by atoms with E-state index in [9.17, 15) is 8.42 Å². The molecule has 3 N–H and O–H groups in total. The number of hydrogen-bond acceptors (Lipinski definition) is 4. The van der Waals surface area contributed by atoms with Crippen molar-refractivity contribution in [1.29, 1.82) is 0 Å². The molecule has 0 fully saturated rings. The summed E-state index contributed by atoms with van der Waals surface area (Å²) >= 11 is 0. The van der Waals surface area contributed by atoms with Gasteiger partial charge in [-0.1, -0.05) is 26.0 Å². The number of anilines is 1. The first-order valence-electron chi connectivity index (χ1n) is 6.28. The highest BCUT2D eigenvalue weighted by atomic mass is 32.2. The summed E-state index contributed by atoms with van der Waals surface area (Å²) in [4.78, 5) is 0.432. The summed E-state index contributed by atoms with van der Waals surface area (Å²) in [7, 11) is -3.19. The summed E-state index contributed by atoms with van der Waals surface area (Å²) in [5, 5.41) is 3.34. The van der Waals surface area contributed by atoms with Gasteiger partial charge in [-0.15, -0.1) is 0 Å². The maximum Gasteiger partial charge on any atom is 0.182 e. The van der Waals surface area contributed by atoms with Gasteiger partial charge in [-0.2, -0.15) is 0 Å². The second-order valence-electron chi connectivity index (χ2n) is 5.08. The van der Waals surface area contributed by atoms with Crippen molar-refractivity contribution in [2.24, 2.45) is 5.73 Å². The number of nitrogens with two attached hydrogens (primary N) is 1. The normalized spacial score (nSPS) is 21.4. The molecule has 1 unspecified atom stereocenters. The van der Waals surface area contributed by atoms with Gasteiger partial charge in [-0.3, -0.25) is 0 Å². The zero-order valence-electron chi connectivity index (χ0n) is 10.8. The lowest BCUT2D eigenvalue weighted by molar-refractivity contribution is 0.580. The van der Waals surface area contributed by atoms with E-state index in [1.807, 2.05) is 12.1 Å². The summed E-state index contributed by atoms with van der Waals surface area (Å²) in [5.41, 5.74) is 7.36. The van der Waals surface area contributed by atoms with Crippen LogP contribution in [0.1, 0.15) is 31.7 Å². The lowest BCUT2D eigenvalue weighted by Crippen LogP contribution is -2.36. The Balaban J connectivity index is 2.52. The Hall–Kier alpha value is -1.07. The molecular weight excluding hydrogens is 248 g/mol. The van der Waals surface area contributed by atoms with Crippen molar-refractivity contribution in [2.45, 2.75) is 37.1 Å². The van der Waals surface area contributed by atoms with Crippen LogP contribution in [0, 0.1) is 0 Å². The van der Waals surface area contributed by atoms with E-state index in [0.717, 1.165) is 11.3 Å². The van der Waals surface area contributed by atoms with Crippen LogP contribution in [0.25, 0.3) is 0 Å². The van der Waals surface area contributed by atoms with E-state index in [4.69, 9.17) is 5.73 Å². The highest BCUT2D eigenvalue weighted by Gasteiger charge is 2.31. The van der Waals surface area contributed by atoms with Crippen molar-refractivity contribution in [3.8, 4) is 0 Å². The highest BCUT2D eigenvalue weighted by Crippen LogP contribution is 2.35. The van der Waals surface area contributed by atoms with Crippen molar-refractivity contribution >= 4 is 15.5 Å². The number of fused-ring (bicyclic) bond motifs is 1. The molecule has 1 aliphatic rings. The third kappa shape index (κ3) is 2.37. The molecule has 18 heavy (non-hydrogen) atoms. The molecule has 1 aromatic carbocycles. The first kappa shape index (κ1) is 13.4. The van der Waals surface area contributed by atoms with Crippen LogP contribution < -0.4 is 11.1 Å². The molecule has 0 saturated carbocycles. The van der Waals surface area contributed by atoms with Gasteiger partial charge in [-0.25, -0.2) is 8.42 Å². The fourth-order valence-electron chi connectivity index (χ4n) is 2.40. The minimum absolute atomic E-state index is 0.0765. The molecule has 5 heteroatoms. The smallest absolute Gasteiger partial charge is 0.182 e. The number of benzene rings is 1. The first-order valence-corrected chi connectivity index (χ1v) is 7.93. The zero-order chi connectivity index (χ0) is 13.3. The summed E-state index contributed by atoms with van der Waals surface area (Å²) in [6.07, 6.45) is 0.672. The maximum atomic E-state index is 12.3. The predicted octanol–water partition coefficient (Wildman–Crippen LogP) is 1.73. The van der Waals surface area contributed by atoms with Crippen LogP contribution in [-0.4, -0.2) is 26.8 Å². The molecule has 0 aliphatic carbocycles. The molecule has 0 bridgehead atoms.